The van der Waals surface area contributed by atoms with Crippen LogP contribution in [0.25, 0.3) is 0 Å². The number of piperidine rings is 1. The molecule has 1 N–H and O–H groups in total. The summed E-state index contributed by atoms with van der Waals surface area (Å²) in [7, 11) is 0. The van der Waals surface area contributed by atoms with Gasteiger partial charge in [-0.25, -0.2) is 4.79 Å². The van der Waals surface area contributed by atoms with Gasteiger partial charge in [0, 0.05) is 17.6 Å². The van der Waals surface area contributed by atoms with Crippen LogP contribution in [0.15, 0.2) is 11.7 Å². The van der Waals surface area contributed by atoms with Gasteiger partial charge in [-0.2, -0.15) is 0 Å². The fourth-order valence-electron chi connectivity index (χ4n) is 1.94. The van der Waals surface area contributed by atoms with Crippen LogP contribution < -0.4 is 5.32 Å². The second-order valence-corrected chi connectivity index (χ2v) is 5.29. The molecule has 0 bridgehead atoms. The van der Waals surface area contributed by atoms with Crippen LogP contribution in [0.2, 0.25) is 0 Å². The highest BCUT2D eigenvalue weighted by Gasteiger charge is 2.21. The highest BCUT2D eigenvalue weighted by molar-refractivity contribution is 7.09. The third-order valence-corrected chi connectivity index (χ3v) is 3.79. The van der Waals surface area contributed by atoms with Crippen LogP contribution in [0.4, 0.5) is 4.79 Å². The van der Waals surface area contributed by atoms with Crippen LogP contribution in [0.5, 0.6) is 0 Å². The molecular weight excluding hydrogens is 286 g/mol. The Morgan fingerprint density at radius 2 is 2.32 bits per heavy atom. The van der Waals surface area contributed by atoms with Crippen molar-refractivity contribution in [3.8, 4) is 0 Å². The maximum Gasteiger partial charge on any atom is 0.410 e. The van der Waals surface area contributed by atoms with Crippen molar-refractivity contribution in [2.24, 2.45) is 0 Å². The molecule has 108 valence electrons. The Hall–Kier alpha value is -0.850. The van der Waals surface area contributed by atoms with Gasteiger partial charge in [-0.1, -0.05) is 0 Å². The summed E-state index contributed by atoms with van der Waals surface area (Å²) in [5, 5.41) is 3.26. The van der Waals surface area contributed by atoms with E-state index in [1.54, 1.807) is 27.9 Å². The van der Waals surface area contributed by atoms with E-state index < -0.39 is 0 Å². The summed E-state index contributed by atoms with van der Waals surface area (Å²) in [4.78, 5) is 18.9. The van der Waals surface area contributed by atoms with Crippen molar-refractivity contribution in [3.05, 3.63) is 16.6 Å². The van der Waals surface area contributed by atoms with Crippen molar-refractivity contribution in [1.29, 1.82) is 0 Å². The monoisotopic (exact) mass is 305 g/mol. The van der Waals surface area contributed by atoms with Crippen LogP contribution in [-0.4, -0.2) is 41.7 Å². The quantitative estimate of drug-likeness (QED) is 0.927. The lowest BCUT2D eigenvalue weighted by atomic mass is 10.1. The molecule has 7 heteroatoms. The van der Waals surface area contributed by atoms with E-state index in [1.807, 2.05) is 6.92 Å². The van der Waals surface area contributed by atoms with Crippen LogP contribution in [0.3, 0.4) is 0 Å². The number of hydrogen-bond donors (Lipinski definition) is 1. The number of nitrogens with zero attached hydrogens (tertiary/aromatic N) is 2. The third-order valence-electron chi connectivity index (χ3n) is 3.02. The maximum absolute atomic E-state index is 12.0. The summed E-state index contributed by atoms with van der Waals surface area (Å²) in [6, 6.07) is 0. The first kappa shape index (κ1) is 16.2. The van der Waals surface area contributed by atoms with Gasteiger partial charge in [0.15, 0.2) is 0 Å². The Labute approximate surface area is 123 Å². The third kappa shape index (κ3) is 4.97. The Morgan fingerprint density at radius 1 is 1.58 bits per heavy atom. The Balaban J connectivity index is 0.00000180. The van der Waals surface area contributed by atoms with Gasteiger partial charge in [0.25, 0.3) is 0 Å². The second-order valence-electron chi connectivity index (χ2n) is 4.32. The number of ether oxygens (including phenoxy) is 1. The number of halogens is 1. The summed E-state index contributed by atoms with van der Waals surface area (Å²) in [6.45, 7) is 5.06. The summed E-state index contributed by atoms with van der Waals surface area (Å²) in [5.74, 6) is 0. The van der Waals surface area contributed by atoms with E-state index in [-0.39, 0.29) is 24.6 Å². The van der Waals surface area contributed by atoms with E-state index in [9.17, 15) is 4.79 Å². The smallest absolute Gasteiger partial charge is 0.410 e. The normalized spacial score (nSPS) is 15.6. The molecule has 0 aliphatic carbocycles. The first-order chi connectivity index (χ1) is 8.79. The topological polar surface area (TPSA) is 54.5 Å². The molecule has 2 rings (SSSR count). The van der Waals surface area contributed by atoms with Gasteiger partial charge in [-0.15, -0.1) is 23.7 Å². The molecule has 1 aliphatic rings. The number of hydrogen-bond acceptors (Lipinski definition) is 5. The molecule has 0 atom stereocenters. The zero-order chi connectivity index (χ0) is 12.8. The van der Waals surface area contributed by atoms with Gasteiger partial charge in [0.2, 0.25) is 0 Å². The predicted molar refractivity (Wildman–Crippen MR) is 77.8 cm³/mol. The van der Waals surface area contributed by atoms with E-state index in [1.165, 1.54) is 0 Å². The molecular formula is C12H20ClN3O2S. The summed E-state index contributed by atoms with van der Waals surface area (Å²) in [5.41, 5.74) is 1.78. The largest absolute Gasteiger partial charge is 0.446 e. The van der Waals surface area contributed by atoms with E-state index in [0.717, 1.165) is 30.8 Å². The Kier molecular flexibility index (Phi) is 7.12. The van der Waals surface area contributed by atoms with Crippen molar-refractivity contribution >= 4 is 29.8 Å². The minimum absolute atomic E-state index is 0. The molecule has 19 heavy (non-hydrogen) atoms. The molecule has 5 nitrogen and oxygen atoms in total. The van der Waals surface area contributed by atoms with E-state index in [2.05, 4.69) is 10.3 Å². The fraction of sp³-hybridized carbons (Fsp3) is 0.667. The molecule has 1 amide bonds. The molecule has 0 spiro atoms. The summed E-state index contributed by atoms with van der Waals surface area (Å²) in [6.07, 6.45) is 3.46. The highest BCUT2D eigenvalue weighted by atomic mass is 35.5. The Morgan fingerprint density at radius 3 is 2.89 bits per heavy atom. The van der Waals surface area contributed by atoms with E-state index in [4.69, 9.17) is 4.74 Å². The average Bonchev–Trinajstić information content (AvgIpc) is 2.90. The number of carbonyl (C=O) groups is 1. The van der Waals surface area contributed by atoms with Crippen molar-refractivity contribution in [1.82, 2.24) is 15.2 Å². The molecule has 1 aromatic heterocycles. The molecule has 2 heterocycles. The van der Waals surface area contributed by atoms with Crippen molar-refractivity contribution in [3.63, 3.8) is 0 Å². The van der Waals surface area contributed by atoms with Crippen LogP contribution >= 0.6 is 23.7 Å². The predicted octanol–water partition coefficient (Wildman–Crippen LogP) is 2.28. The first-order valence-electron chi connectivity index (χ1n) is 6.33. The minimum Gasteiger partial charge on any atom is -0.446 e. The number of amides is 1. The molecule has 1 aromatic rings. The standard InChI is InChI=1S/C12H19N3O2S.ClH/c1-2-15(8-11-7-14-9-18-11)12(16)17-10-3-5-13-6-4-10;/h7,9-10,13H,2-6,8H2,1H3;1H. The Bertz CT molecular complexity index is 369. The molecule has 1 saturated heterocycles. The van der Waals surface area contributed by atoms with Gasteiger partial charge in [0.1, 0.15) is 6.10 Å². The average molecular weight is 306 g/mol. The van der Waals surface area contributed by atoms with Crippen molar-refractivity contribution < 1.29 is 9.53 Å². The van der Waals surface area contributed by atoms with Gasteiger partial charge in [-0.05, 0) is 32.9 Å². The number of carbonyl (C=O) groups excluding carboxylic acids is 1. The summed E-state index contributed by atoms with van der Waals surface area (Å²) < 4.78 is 5.52. The SMILES string of the molecule is CCN(Cc1cncs1)C(=O)OC1CCNCC1.Cl. The van der Waals surface area contributed by atoms with Gasteiger partial charge in [-0.3, -0.25) is 4.98 Å². The van der Waals surface area contributed by atoms with Crippen LogP contribution in [0, 0.1) is 0 Å². The summed E-state index contributed by atoms with van der Waals surface area (Å²) >= 11 is 1.56. The van der Waals surface area contributed by atoms with Crippen molar-refractivity contribution in [2.75, 3.05) is 19.6 Å². The van der Waals surface area contributed by atoms with Crippen molar-refractivity contribution in [2.45, 2.75) is 32.4 Å². The molecule has 0 saturated carbocycles. The number of nitrogens with one attached hydrogen (secondary N) is 1. The fourth-order valence-corrected chi connectivity index (χ4v) is 2.55. The zero-order valence-corrected chi connectivity index (χ0v) is 12.6. The van der Waals surface area contributed by atoms with E-state index >= 15 is 0 Å². The van der Waals surface area contributed by atoms with Gasteiger partial charge >= 0.3 is 6.09 Å². The minimum atomic E-state index is -0.210. The lowest BCUT2D eigenvalue weighted by Crippen LogP contribution is -2.38. The maximum atomic E-state index is 12.0. The van der Waals surface area contributed by atoms with Crippen LogP contribution in [0.1, 0.15) is 24.6 Å². The van der Waals surface area contributed by atoms with Gasteiger partial charge in [0.05, 0.1) is 12.1 Å². The number of rotatable bonds is 4. The first-order valence-corrected chi connectivity index (χ1v) is 7.21. The highest BCUT2D eigenvalue weighted by Crippen LogP contribution is 2.13. The number of thiazole rings is 1. The second kappa shape index (κ2) is 8.35. The van der Waals surface area contributed by atoms with Gasteiger partial charge < -0.3 is 15.0 Å². The molecule has 0 unspecified atom stereocenters. The molecule has 1 aliphatic heterocycles. The lowest BCUT2D eigenvalue weighted by Gasteiger charge is -2.26. The molecule has 0 radical (unpaired) electrons. The number of aromatic nitrogens is 1. The van der Waals surface area contributed by atoms with E-state index in [0.29, 0.717) is 13.1 Å². The molecule has 0 aromatic carbocycles. The lowest BCUT2D eigenvalue weighted by molar-refractivity contribution is 0.0486. The van der Waals surface area contributed by atoms with Crippen LogP contribution in [-0.2, 0) is 11.3 Å². The molecule has 1 fully saturated rings. The zero-order valence-electron chi connectivity index (χ0n) is 11.0.